The third-order valence-corrected chi connectivity index (χ3v) is 3.88. The van der Waals surface area contributed by atoms with Gasteiger partial charge in [-0.3, -0.25) is 0 Å². The van der Waals surface area contributed by atoms with Crippen molar-refractivity contribution in [2.45, 2.75) is 18.8 Å². The molecule has 2 aromatic heterocycles. The zero-order chi connectivity index (χ0) is 12.8. The fourth-order valence-electron chi connectivity index (χ4n) is 2.71. The second-order valence-electron chi connectivity index (χ2n) is 5.29. The van der Waals surface area contributed by atoms with E-state index in [1.165, 1.54) is 18.4 Å². The van der Waals surface area contributed by atoms with Crippen LogP contribution in [0.1, 0.15) is 24.3 Å². The van der Waals surface area contributed by atoms with E-state index < -0.39 is 0 Å². The summed E-state index contributed by atoms with van der Waals surface area (Å²) in [5, 5.41) is 3.33. The quantitative estimate of drug-likeness (QED) is 0.840. The molecule has 0 spiro atoms. The molecule has 0 unspecified atom stereocenters. The van der Waals surface area contributed by atoms with Gasteiger partial charge in [0.25, 0.3) is 0 Å². The van der Waals surface area contributed by atoms with Crippen LogP contribution in [0.3, 0.4) is 0 Å². The molecule has 1 aliphatic carbocycles. The molecule has 0 radical (unpaired) electrons. The standard InChI is InChI=1S/C13H17N5O/c14-13-16-10-9(8-1-2-8)7-19-11(10)12(17-13)18-5-3-15-4-6-18/h7-8,15H,1-6H2,(H2,14,16,17). The fraction of sp³-hybridized carbons (Fsp3) is 0.538. The van der Waals surface area contributed by atoms with Crippen LogP contribution in [-0.2, 0) is 0 Å². The minimum atomic E-state index is 0.337. The normalized spacial score (nSPS) is 20.1. The predicted octanol–water partition coefficient (Wildman–Crippen LogP) is 1.09. The summed E-state index contributed by atoms with van der Waals surface area (Å²) in [5.74, 6) is 1.78. The maximum absolute atomic E-state index is 5.87. The highest BCUT2D eigenvalue weighted by Gasteiger charge is 2.30. The molecule has 0 bridgehead atoms. The van der Waals surface area contributed by atoms with Gasteiger partial charge in [0.05, 0.1) is 6.26 Å². The van der Waals surface area contributed by atoms with Crippen molar-refractivity contribution < 1.29 is 4.42 Å². The van der Waals surface area contributed by atoms with Crippen molar-refractivity contribution in [2.24, 2.45) is 0 Å². The van der Waals surface area contributed by atoms with Gasteiger partial charge in [-0.25, -0.2) is 4.98 Å². The van der Waals surface area contributed by atoms with Crippen LogP contribution in [0.15, 0.2) is 10.7 Å². The Morgan fingerprint density at radius 3 is 2.79 bits per heavy atom. The van der Waals surface area contributed by atoms with Crippen molar-refractivity contribution >= 4 is 22.9 Å². The number of nitrogens with one attached hydrogen (secondary N) is 1. The van der Waals surface area contributed by atoms with Crippen LogP contribution >= 0.6 is 0 Å². The molecule has 0 atom stereocenters. The highest BCUT2D eigenvalue weighted by atomic mass is 16.3. The topological polar surface area (TPSA) is 80.2 Å². The van der Waals surface area contributed by atoms with Gasteiger partial charge in [-0.1, -0.05) is 0 Å². The van der Waals surface area contributed by atoms with Gasteiger partial charge in [0.15, 0.2) is 11.4 Å². The third kappa shape index (κ3) is 1.83. The van der Waals surface area contributed by atoms with Gasteiger partial charge in [-0.15, -0.1) is 0 Å². The average Bonchev–Trinajstić information content (AvgIpc) is 3.19. The Hall–Kier alpha value is -1.82. The monoisotopic (exact) mass is 259 g/mol. The number of aromatic nitrogens is 2. The first kappa shape index (κ1) is 11.0. The second-order valence-corrected chi connectivity index (χ2v) is 5.29. The molecule has 100 valence electrons. The third-order valence-electron chi connectivity index (χ3n) is 3.88. The molecular weight excluding hydrogens is 242 g/mol. The van der Waals surface area contributed by atoms with E-state index in [9.17, 15) is 0 Å². The Morgan fingerprint density at radius 1 is 1.26 bits per heavy atom. The van der Waals surface area contributed by atoms with Crippen molar-refractivity contribution in [1.29, 1.82) is 0 Å². The molecule has 6 nitrogen and oxygen atoms in total. The number of anilines is 2. The Labute approximate surface area is 111 Å². The molecule has 2 aromatic rings. The molecule has 3 heterocycles. The van der Waals surface area contributed by atoms with Crippen molar-refractivity contribution in [3.8, 4) is 0 Å². The first-order valence-electron chi connectivity index (χ1n) is 6.83. The zero-order valence-corrected chi connectivity index (χ0v) is 10.7. The minimum absolute atomic E-state index is 0.337. The van der Waals surface area contributed by atoms with Crippen LogP contribution in [0.5, 0.6) is 0 Å². The highest BCUT2D eigenvalue weighted by molar-refractivity contribution is 5.88. The number of nitrogen functional groups attached to an aromatic ring is 1. The minimum Gasteiger partial charge on any atom is -0.458 e. The summed E-state index contributed by atoms with van der Waals surface area (Å²) in [7, 11) is 0. The van der Waals surface area contributed by atoms with Crippen molar-refractivity contribution in [1.82, 2.24) is 15.3 Å². The molecule has 0 aromatic carbocycles. The molecular formula is C13H17N5O. The van der Waals surface area contributed by atoms with Crippen LogP contribution in [-0.4, -0.2) is 36.1 Å². The largest absolute Gasteiger partial charge is 0.458 e. The van der Waals surface area contributed by atoms with E-state index in [-0.39, 0.29) is 0 Å². The van der Waals surface area contributed by atoms with Crippen LogP contribution in [0, 0.1) is 0 Å². The predicted molar refractivity (Wildman–Crippen MR) is 73.3 cm³/mol. The summed E-state index contributed by atoms with van der Waals surface area (Å²) in [6.45, 7) is 3.76. The first-order chi connectivity index (χ1) is 9.33. The molecule has 1 saturated heterocycles. The lowest BCUT2D eigenvalue weighted by Crippen LogP contribution is -2.44. The van der Waals surface area contributed by atoms with Gasteiger partial charge >= 0.3 is 0 Å². The Morgan fingerprint density at radius 2 is 2.05 bits per heavy atom. The maximum atomic E-state index is 5.87. The number of hydrogen-bond acceptors (Lipinski definition) is 6. The molecule has 2 fully saturated rings. The van der Waals surface area contributed by atoms with E-state index in [4.69, 9.17) is 10.2 Å². The van der Waals surface area contributed by atoms with Crippen LogP contribution in [0.25, 0.3) is 11.1 Å². The van der Waals surface area contributed by atoms with Crippen LogP contribution in [0.4, 0.5) is 11.8 Å². The molecule has 6 heteroatoms. The highest BCUT2D eigenvalue weighted by Crippen LogP contribution is 2.44. The van der Waals surface area contributed by atoms with E-state index in [0.29, 0.717) is 11.9 Å². The lowest BCUT2D eigenvalue weighted by Gasteiger charge is -2.28. The van der Waals surface area contributed by atoms with Crippen LogP contribution < -0.4 is 16.0 Å². The van der Waals surface area contributed by atoms with Crippen LogP contribution in [0.2, 0.25) is 0 Å². The SMILES string of the molecule is Nc1nc(N2CCNCC2)c2occ(C3CC3)c2n1. The summed E-state index contributed by atoms with van der Waals surface area (Å²) in [6.07, 6.45) is 4.28. The van der Waals surface area contributed by atoms with Crippen molar-refractivity contribution in [3.63, 3.8) is 0 Å². The molecule has 1 aliphatic heterocycles. The van der Waals surface area contributed by atoms with Gasteiger partial charge in [-0.05, 0) is 18.8 Å². The second kappa shape index (κ2) is 4.09. The molecule has 1 saturated carbocycles. The van der Waals surface area contributed by atoms with Gasteiger partial charge in [0.2, 0.25) is 5.95 Å². The Bertz CT molecular complexity index is 613. The Kier molecular flexibility index (Phi) is 2.38. The lowest BCUT2D eigenvalue weighted by atomic mass is 10.2. The molecule has 2 aliphatic rings. The molecule has 0 amide bonds. The van der Waals surface area contributed by atoms with Gasteiger partial charge in [-0.2, -0.15) is 4.98 Å². The molecule has 4 rings (SSSR count). The number of piperazine rings is 1. The van der Waals surface area contributed by atoms with E-state index in [1.54, 1.807) is 0 Å². The summed E-state index contributed by atoms with van der Waals surface area (Å²) in [5.41, 5.74) is 8.76. The maximum Gasteiger partial charge on any atom is 0.222 e. The molecule has 3 N–H and O–H groups in total. The van der Waals surface area contributed by atoms with E-state index in [0.717, 1.165) is 43.1 Å². The number of nitrogens with zero attached hydrogens (tertiary/aromatic N) is 3. The van der Waals surface area contributed by atoms with E-state index in [2.05, 4.69) is 20.2 Å². The van der Waals surface area contributed by atoms with E-state index >= 15 is 0 Å². The number of hydrogen-bond donors (Lipinski definition) is 2. The summed E-state index contributed by atoms with van der Waals surface area (Å²) >= 11 is 0. The van der Waals surface area contributed by atoms with E-state index in [1.807, 2.05) is 6.26 Å². The summed E-state index contributed by atoms with van der Waals surface area (Å²) in [4.78, 5) is 11.0. The van der Waals surface area contributed by atoms with Gasteiger partial charge < -0.3 is 20.4 Å². The fourth-order valence-corrected chi connectivity index (χ4v) is 2.71. The molecule has 19 heavy (non-hydrogen) atoms. The average molecular weight is 259 g/mol. The number of nitrogens with two attached hydrogens (primary N) is 1. The first-order valence-corrected chi connectivity index (χ1v) is 6.83. The zero-order valence-electron chi connectivity index (χ0n) is 10.7. The summed E-state index contributed by atoms with van der Waals surface area (Å²) in [6, 6.07) is 0. The number of furan rings is 1. The van der Waals surface area contributed by atoms with Gasteiger partial charge in [0, 0.05) is 31.7 Å². The van der Waals surface area contributed by atoms with Crippen molar-refractivity contribution in [3.05, 3.63) is 11.8 Å². The number of fused-ring (bicyclic) bond motifs is 1. The smallest absolute Gasteiger partial charge is 0.222 e. The lowest BCUT2D eigenvalue weighted by molar-refractivity contribution is 0.573. The Balaban J connectivity index is 1.84. The van der Waals surface area contributed by atoms with Crippen molar-refractivity contribution in [2.75, 3.05) is 36.8 Å². The number of rotatable bonds is 2. The van der Waals surface area contributed by atoms with Gasteiger partial charge in [0.1, 0.15) is 5.52 Å². The summed E-state index contributed by atoms with van der Waals surface area (Å²) < 4.78 is 5.75.